The van der Waals surface area contributed by atoms with Crippen molar-refractivity contribution < 1.29 is 29.2 Å². The summed E-state index contributed by atoms with van der Waals surface area (Å²) in [5.74, 6) is -1.46. The van der Waals surface area contributed by atoms with Crippen molar-refractivity contribution in [2.24, 2.45) is 0 Å². The van der Waals surface area contributed by atoms with E-state index < -0.39 is 36.6 Å². The molecule has 0 aromatic heterocycles. The Morgan fingerprint density at radius 2 is 1.64 bits per heavy atom. The molecule has 4 N–H and O–H groups in total. The van der Waals surface area contributed by atoms with E-state index in [1.54, 1.807) is 19.1 Å². The van der Waals surface area contributed by atoms with Crippen LogP contribution in [0.2, 0.25) is 0 Å². The Morgan fingerprint density at radius 3 is 2.12 bits per heavy atom. The van der Waals surface area contributed by atoms with Gasteiger partial charge in [-0.25, -0.2) is 8.78 Å². The van der Waals surface area contributed by atoms with E-state index in [2.05, 4.69) is 6.58 Å². The fourth-order valence-electron chi connectivity index (χ4n) is 2.64. The molecular weight excluding hydrogens is 330 g/mol. The third-order valence-corrected chi connectivity index (χ3v) is 4.11. The maximum atomic E-state index is 13.9. The van der Waals surface area contributed by atoms with E-state index in [-0.39, 0.29) is 5.56 Å². The van der Waals surface area contributed by atoms with Crippen LogP contribution in [0.15, 0.2) is 36.9 Å². The Bertz CT molecular complexity index is 753. The van der Waals surface area contributed by atoms with Crippen LogP contribution in [0.3, 0.4) is 0 Å². The topological polar surface area (TPSA) is 80.9 Å². The Hall–Kier alpha value is -2.12. The molecule has 0 aliphatic heterocycles. The quantitative estimate of drug-likeness (QED) is 0.645. The summed E-state index contributed by atoms with van der Waals surface area (Å²) in [6.07, 6.45) is -3.35. The standard InChI is InChI=1S/C19H20F2O4/c1-3-13-15(20)7-12(8-16(13)21)11-4-5-14(10(2)6-11)18(24)19(25)17(23)9-22/h3-8,17-19,22-25H,1,9H2,2H3/t17-,18-,19?/m1/s1. The minimum Gasteiger partial charge on any atom is -0.394 e. The van der Waals surface area contributed by atoms with Crippen LogP contribution in [-0.2, 0) is 0 Å². The highest BCUT2D eigenvalue weighted by Crippen LogP contribution is 2.29. The number of benzene rings is 2. The van der Waals surface area contributed by atoms with Crippen molar-refractivity contribution in [3.05, 3.63) is 65.2 Å². The second-order valence-corrected chi connectivity index (χ2v) is 5.81. The summed E-state index contributed by atoms with van der Waals surface area (Å²) >= 11 is 0. The van der Waals surface area contributed by atoms with Crippen molar-refractivity contribution in [2.45, 2.75) is 25.2 Å². The van der Waals surface area contributed by atoms with Gasteiger partial charge in [0, 0.05) is 5.56 Å². The molecule has 2 aromatic carbocycles. The highest BCUT2D eigenvalue weighted by molar-refractivity contribution is 5.67. The largest absolute Gasteiger partial charge is 0.394 e. The SMILES string of the molecule is C=Cc1c(F)cc(-c2ccc([C@@H](O)C(O)[C@H](O)CO)c(C)c2)cc1F. The summed E-state index contributed by atoms with van der Waals surface area (Å²) in [7, 11) is 0. The van der Waals surface area contributed by atoms with Crippen LogP contribution in [-0.4, -0.2) is 39.2 Å². The van der Waals surface area contributed by atoms with Gasteiger partial charge < -0.3 is 20.4 Å². The summed E-state index contributed by atoms with van der Waals surface area (Å²) in [4.78, 5) is 0. The third kappa shape index (κ3) is 3.93. The average Bonchev–Trinajstić information content (AvgIpc) is 2.59. The third-order valence-electron chi connectivity index (χ3n) is 4.11. The number of aliphatic hydroxyl groups excluding tert-OH is 4. The van der Waals surface area contributed by atoms with Crippen molar-refractivity contribution in [3.63, 3.8) is 0 Å². The molecule has 1 unspecified atom stereocenters. The van der Waals surface area contributed by atoms with E-state index in [0.717, 1.165) is 6.08 Å². The zero-order valence-corrected chi connectivity index (χ0v) is 13.7. The molecule has 134 valence electrons. The molecule has 0 aliphatic carbocycles. The van der Waals surface area contributed by atoms with Gasteiger partial charge in [-0.1, -0.05) is 30.9 Å². The van der Waals surface area contributed by atoms with E-state index in [4.69, 9.17) is 5.11 Å². The first-order valence-electron chi connectivity index (χ1n) is 7.67. The molecular formula is C19H20F2O4. The predicted octanol–water partition coefficient (Wildman–Crippen LogP) is 2.33. The molecule has 2 aromatic rings. The second kappa shape index (κ2) is 7.84. The van der Waals surface area contributed by atoms with Crippen molar-refractivity contribution in [3.8, 4) is 11.1 Å². The molecule has 3 atom stereocenters. The predicted molar refractivity (Wildman–Crippen MR) is 90.7 cm³/mol. The van der Waals surface area contributed by atoms with Crippen LogP contribution in [0.25, 0.3) is 17.2 Å². The Kier molecular flexibility index (Phi) is 6.02. The molecule has 2 rings (SSSR count). The van der Waals surface area contributed by atoms with Gasteiger partial charge in [0.25, 0.3) is 0 Å². The zero-order chi connectivity index (χ0) is 18.7. The van der Waals surface area contributed by atoms with Crippen molar-refractivity contribution >= 4 is 6.08 Å². The zero-order valence-electron chi connectivity index (χ0n) is 13.7. The van der Waals surface area contributed by atoms with Crippen LogP contribution >= 0.6 is 0 Å². The lowest BCUT2D eigenvalue weighted by atomic mass is 9.93. The number of hydrogen-bond donors (Lipinski definition) is 4. The fraction of sp³-hybridized carbons (Fsp3) is 0.263. The molecule has 25 heavy (non-hydrogen) atoms. The lowest BCUT2D eigenvalue weighted by Crippen LogP contribution is -2.35. The van der Waals surface area contributed by atoms with Gasteiger partial charge in [-0.3, -0.25) is 0 Å². The highest BCUT2D eigenvalue weighted by atomic mass is 19.1. The summed E-state index contributed by atoms with van der Waals surface area (Å²) in [5, 5.41) is 38.2. The lowest BCUT2D eigenvalue weighted by Gasteiger charge is -2.23. The molecule has 0 saturated carbocycles. The van der Waals surface area contributed by atoms with E-state index in [0.29, 0.717) is 22.3 Å². The van der Waals surface area contributed by atoms with Gasteiger partial charge in [0.1, 0.15) is 29.9 Å². The normalized spacial score (nSPS) is 14.8. The smallest absolute Gasteiger partial charge is 0.133 e. The monoisotopic (exact) mass is 350 g/mol. The van der Waals surface area contributed by atoms with Gasteiger partial charge in [0.2, 0.25) is 0 Å². The van der Waals surface area contributed by atoms with Gasteiger partial charge in [0.05, 0.1) is 6.61 Å². The fourth-order valence-corrected chi connectivity index (χ4v) is 2.64. The number of aryl methyl sites for hydroxylation is 1. The van der Waals surface area contributed by atoms with Gasteiger partial charge in [-0.15, -0.1) is 0 Å². The van der Waals surface area contributed by atoms with E-state index in [1.807, 2.05) is 0 Å². The number of aliphatic hydroxyl groups is 4. The van der Waals surface area contributed by atoms with Crippen LogP contribution in [0.1, 0.15) is 22.8 Å². The Balaban J connectivity index is 2.38. The molecule has 0 radical (unpaired) electrons. The molecule has 0 fully saturated rings. The van der Waals surface area contributed by atoms with E-state index in [1.165, 1.54) is 18.2 Å². The van der Waals surface area contributed by atoms with Crippen LogP contribution in [0.4, 0.5) is 8.78 Å². The molecule has 0 saturated heterocycles. The molecule has 0 spiro atoms. The maximum absolute atomic E-state index is 13.9. The highest BCUT2D eigenvalue weighted by Gasteiger charge is 2.26. The van der Waals surface area contributed by atoms with Gasteiger partial charge >= 0.3 is 0 Å². The molecule has 0 aliphatic rings. The molecule has 4 nitrogen and oxygen atoms in total. The molecule has 0 bridgehead atoms. The van der Waals surface area contributed by atoms with E-state index >= 15 is 0 Å². The Morgan fingerprint density at radius 1 is 1.04 bits per heavy atom. The molecule has 6 heteroatoms. The Labute approximate surface area is 144 Å². The summed E-state index contributed by atoms with van der Waals surface area (Å²) < 4.78 is 27.8. The number of halogens is 2. The first-order valence-corrected chi connectivity index (χ1v) is 7.67. The summed E-state index contributed by atoms with van der Waals surface area (Å²) in [5.41, 5.74) is 1.54. The van der Waals surface area contributed by atoms with Gasteiger partial charge in [0.15, 0.2) is 0 Å². The first kappa shape index (κ1) is 19.2. The minimum atomic E-state index is -1.56. The number of rotatable bonds is 6. The van der Waals surface area contributed by atoms with Crippen molar-refractivity contribution in [1.29, 1.82) is 0 Å². The maximum Gasteiger partial charge on any atom is 0.133 e. The van der Waals surface area contributed by atoms with Gasteiger partial charge in [-0.05, 0) is 41.3 Å². The second-order valence-electron chi connectivity index (χ2n) is 5.81. The first-order chi connectivity index (χ1) is 11.8. The van der Waals surface area contributed by atoms with Crippen LogP contribution < -0.4 is 0 Å². The van der Waals surface area contributed by atoms with Crippen LogP contribution in [0.5, 0.6) is 0 Å². The summed E-state index contributed by atoms with van der Waals surface area (Å²) in [6.45, 7) is 4.33. The lowest BCUT2D eigenvalue weighted by molar-refractivity contribution is -0.0778. The van der Waals surface area contributed by atoms with Crippen molar-refractivity contribution in [2.75, 3.05) is 6.61 Å². The summed E-state index contributed by atoms with van der Waals surface area (Å²) in [6, 6.07) is 7.04. The van der Waals surface area contributed by atoms with Gasteiger partial charge in [-0.2, -0.15) is 0 Å². The van der Waals surface area contributed by atoms with E-state index in [9.17, 15) is 24.1 Å². The molecule has 0 heterocycles. The number of hydrogen-bond acceptors (Lipinski definition) is 4. The average molecular weight is 350 g/mol. The van der Waals surface area contributed by atoms with Crippen LogP contribution in [0, 0.1) is 18.6 Å². The van der Waals surface area contributed by atoms with Crippen molar-refractivity contribution in [1.82, 2.24) is 0 Å². The minimum absolute atomic E-state index is 0.200. The molecule has 0 amide bonds.